The number of aryl methyl sites for hydroxylation is 1. The van der Waals surface area contributed by atoms with Crippen LogP contribution >= 0.6 is 0 Å². The quantitative estimate of drug-likeness (QED) is 0.421. The minimum atomic E-state index is -0.401. The number of anilines is 2. The lowest BCUT2D eigenvalue weighted by atomic mass is 10.2. The number of nitrogens with one attached hydrogen (secondary N) is 1. The molecule has 1 aromatic carbocycles. The lowest BCUT2D eigenvalue weighted by Gasteiger charge is -2.13. The second kappa shape index (κ2) is 8.19. The molecule has 0 radical (unpaired) electrons. The molecule has 1 N–H and O–H groups in total. The SMILES string of the molecule is CCOc1ncc2nc(Nc3ccc4nn(C)cc4c3)c(=O)n(-c3ccc(OC)nc3)c2n1. The Morgan fingerprint density at radius 2 is 1.94 bits per heavy atom. The fraction of sp³-hybridized carbons (Fsp3) is 0.182. The first-order chi connectivity index (χ1) is 16.1. The zero-order valence-electron chi connectivity index (χ0n) is 18.2. The summed E-state index contributed by atoms with van der Waals surface area (Å²) in [6.45, 7) is 2.22. The van der Waals surface area contributed by atoms with Gasteiger partial charge in [0.05, 0.1) is 37.3 Å². The van der Waals surface area contributed by atoms with Crippen molar-refractivity contribution in [3.05, 3.63) is 59.3 Å². The number of hydrogen-bond acceptors (Lipinski definition) is 9. The third kappa shape index (κ3) is 3.80. The smallest absolute Gasteiger partial charge is 0.318 e. The maximum Gasteiger partial charge on any atom is 0.318 e. The molecule has 0 unspecified atom stereocenters. The summed E-state index contributed by atoms with van der Waals surface area (Å²) >= 11 is 0. The molecule has 166 valence electrons. The normalized spacial score (nSPS) is 11.1. The molecule has 11 heteroatoms. The van der Waals surface area contributed by atoms with E-state index in [1.807, 2.05) is 38.4 Å². The number of aromatic nitrogens is 7. The Bertz CT molecular complexity index is 1530. The molecule has 4 aromatic heterocycles. The average Bonchev–Trinajstić information content (AvgIpc) is 3.19. The molecular weight excluding hydrogens is 424 g/mol. The Labute approximate surface area is 187 Å². The summed E-state index contributed by atoms with van der Waals surface area (Å²) < 4.78 is 13.7. The van der Waals surface area contributed by atoms with Crippen LogP contribution in [0.1, 0.15) is 6.92 Å². The van der Waals surface area contributed by atoms with Crippen LogP contribution in [0.15, 0.2) is 53.7 Å². The van der Waals surface area contributed by atoms with E-state index in [-0.39, 0.29) is 11.8 Å². The van der Waals surface area contributed by atoms with E-state index < -0.39 is 5.56 Å². The highest BCUT2D eigenvalue weighted by Gasteiger charge is 2.16. The van der Waals surface area contributed by atoms with E-state index in [0.29, 0.717) is 35.0 Å². The number of hydrogen-bond donors (Lipinski definition) is 1. The van der Waals surface area contributed by atoms with Crippen molar-refractivity contribution in [2.75, 3.05) is 19.0 Å². The molecule has 0 aliphatic heterocycles. The van der Waals surface area contributed by atoms with Gasteiger partial charge < -0.3 is 14.8 Å². The van der Waals surface area contributed by atoms with E-state index >= 15 is 0 Å². The van der Waals surface area contributed by atoms with Crippen LogP contribution in [-0.4, -0.2) is 48.0 Å². The number of ether oxygens (including phenoxy) is 2. The molecule has 0 amide bonds. The first-order valence-electron chi connectivity index (χ1n) is 10.2. The van der Waals surface area contributed by atoms with Crippen LogP contribution < -0.4 is 20.3 Å². The van der Waals surface area contributed by atoms with Gasteiger partial charge in [0.15, 0.2) is 11.5 Å². The van der Waals surface area contributed by atoms with Gasteiger partial charge in [0.1, 0.15) is 5.52 Å². The standard InChI is InChI=1S/C22H20N8O3/c1-4-33-22-24-11-17-20(27-22)30(15-6-8-18(32-3)23-10-15)21(31)19(26-17)25-14-5-7-16-13(9-14)12-29(2)28-16/h5-12H,4H2,1-3H3,(H,25,26). The minimum absolute atomic E-state index is 0.120. The minimum Gasteiger partial charge on any atom is -0.481 e. The molecule has 11 nitrogen and oxygen atoms in total. The maximum atomic E-state index is 13.5. The van der Waals surface area contributed by atoms with Gasteiger partial charge in [-0.05, 0) is 31.2 Å². The maximum absolute atomic E-state index is 13.5. The zero-order valence-corrected chi connectivity index (χ0v) is 18.2. The van der Waals surface area contributed by atoms with Crippen molar-refractivity contribution in [3.8, 4) is 17.6 Å². The van der Waals surface area contributed by atoms with Crippen LogP contribution in [0.4, 0.5) is 11.5 Å². The first kappa shape index (κ1) is 20.4. The highest BCUT2D eigenvalue weighted by molar-refractivity contribution is 5.83. The summed E-state index contributed by atoms with van der Waals surface area (Å²) in [5.74, 6) is 0.548. The summed E-state index contributed by atoms with van der Waals surface area (Å²) in [7, 11) is 3.38. The van der Waals surface area contributed by atoms with Crippen LogP contribution in [0.3, 0.4) is 0 Å². The molecule has 0 saturated carbocycles. The molecular formula is C22H20N8O3. The third-order valence-electron chi connectivity index (χ3n) is 4.92. The van der Waals surface area contributed by atoms with Gasteiger partial charge in [0.2, 0.25) is 5.88 Å². The highest BCUT2D eigenvalue weighted by atomic mass is 16.5. The molecule has 0 atom stereocenters. The van der Waals surface area contributed by atoms with Crippen molar-refractivity contribution < 1.29 is 9.47 Å². The number of nitrogens with zero attached hydrogens (tertiary/aromatic N) is 7. The van der Waals surface area contributed by atoms with E-state index in [2.05, 4.69) is 30.4 Å². The van der Waals surface area contributed by atoms with Gasteiger partial charge >= 0.3 is 6.01 Å². The first-order valence-corrected chi connectivity index (χ1v) is 10.2. The Kier molecular flexibility index (Phi) is 5.05. The van der Waals surface area contributed by atoms with Crippen molar-refractivity contribution in [1.29, 1.82) is 0 Å². The Morgan fingerprint density at radius 3 is 2.70 bits per heavy atom. The van der Waals surface area contributed by atoms with Gasteiger partial charge in [-0.25, -0.2) is 15.0 Å². The van der Waals surface area contributed by atoms with Crippen LogP contribution in [0, 0.1) is 0 Å². The Morgan fingerprint density at radius 1 is 1.06 bits per heavy atom. The van der Waals surface area contributed by atoms with Gasteiger partial charge in [0.25, 0.3) is 5.56 Å². The zero-order chi connectivity index (χ0) is 22.9. The lowest BCUT2D eigenvalue weighted by molar-refractivity contribution is 0.313. The molecule has 33 heavy (non-hydrogen) atoms. The van der Waals surface area contributed by atoms with Crippen LogP contribution in [-0.2, 0) is 7.05 Å². The molecule has 0 bridgehead atoms. The van der Waals surface area contributed by atoms with Gasteiger partial charge in [-0.15, -0.1) is 0 Å². The van der Waals surface area contributed by atoms with E-state index in [0.717, 1.165) is 10.9 Å². The number of benzene rings is 1. The van der Waals surface area contributed by atoms with Crippen molar-refractivity contribution in [2.24, 2.45) is 7.05 Å². The Balaban J connectivity index is 1.67. The predicted molar refractivity (Wildman–Crippen MR) is 122 cm³/mol. The second-order valence-electron chi connectivity index (χ2n) is 7.16. The van der Waals surface area contributed by atoms with Crippen molar-refractivity contribution >= 4 is 33.6 Å². The molecule has 0 spiro atoms. The van der Waals surface area contributed by atoms with Gasteiger partial charge in [-0.3, -0.25) is 14.0 Å². The molecule has 5 aromatic rings. The second-order valence-corrected chi connectivity index (χ2v) is 7.16. The van der Waals surface area contributed by atoms with E-state index in [9.17, 15) is 4.79 Å². The summed E-state index contributed by atoms with van der Waals surface area (Å²) in [5.41, 5.74) is 2.37. The summed E-state index contributed by atoms with van der Waals surface area (Å²) in [5, 5.41) is 8.44. The number of rotatable bonds is 6. The highest BCUT2D eigenvalue weighted by Crippen LogP contribution is 2.22. The predicted octanol–water partition coefficient (Wildman–Crippen LogP) is 2.61. The summed E-state index contributed by atoms with van der Waals surface area (Å²) in [4.78, 5) is 30.9. The molecule has 4 heterocycles. The van der Waals surface area contributed by atoms with E-state index in [1.54, 1.807) is 16.8 Å². The molecule has 0 saturated heterocycles. The largest absolute Gasteiger partial charge is 0.481 e. The van der Waals surface area contributed by atoms with Gasteiger partial charge in [0, 0.05) is 30.4 Å². The summed E-state index contributed by atoms with van der Waals surface area (Å²) in [6.07, 6.45) is 4.96. The van der Waals surface area contributed by atoms with Crippen molar-refractivity contribution in [3.63, 3.8) is 0 Å². The van der Waals surface area contributed by atoms with Crippen molar-refractivity contribution in [2.45, 2.75) is 6.92 Å². The molecule has 0 aliphatic carbocycles. The van der Waals surface area contributed by atoms with Crippen LogP contribution in [0.2, 0.25) is 0 Å². The lowest BCUT2D eigenvalue weighted by Crippen LogP contribution is -2.24. The molecule has 0 aliphatic rings. The summed E-state index contributed by atoms with van der Waals surface area (Å²) in [6, 6.07) is 9.17. The number of fused-ring (bicyclic) bond motifs is 2. The fourth-order valence-corrected chi connectivity index (χ4v) is 3.47. The molecule has 0 fully saturated rings. The monoisotopic (exact) mass is 444 g/mol. The van der Waals surface area contributed by atoms with Gasteiger partial charge in [-0.1, -0.05) is 0 Å². The average molecular weight is 444 g/mol. The number of pyridine rings is 1. The van der Waals surface area contributed by atoms with Crippen LogP contribution in [0.5, 0.6) is 11.9 Å². The number of methoxy groups -OCH3 is 1. The van der Waals surface area contributed by atoms with Gasteiger partial charge in [-0.2, -0.15) is 10.1 Å². The fourth-order valence-electron chi connectivity index (χ4n) is 3.47. The topological polar surface area (TPSA) is 122 Å². The molecule has 5 rings (SSSR count). The Hall–Kier alpha value is -4.54. The van der Waals surface area contributed by atoms with Crippen molar-refractivity contribution in [1.82, 2.24) is 34.3 Å². The van der Waals surface area contributed by atoms with E-state index in [1.165, 1.54) is 24.1 Å². The van der Waals surface area contributed by atoms with Crippen LogP contribution in [0.25, 0.3) is 27.8 Å². The third-order valence-corrected chi connectivity index (χ3v) is 4.92. The van der Waals surface area contributed by atoms with E-state index in [4.69, 9.17) is 9.47 Å².